The predicted molar refractivity (Wildman–Crippen MR) is 98.5 cm³/mol. The Balaban J connectivity index is 1.73. The minimum absolute atomic E-state index is 0.0601. The molecular formula is C17H21N5O5S. The van der Waals surface area contributed by atoms with Crippen molar-refractivity contribution in [1.82, 2.24) is 25.1 Å². The van der Waals surface area contributed by atoms with Gasteiger partial charge in [0.25, 0.3) is 5.91 Å². The summed E-state index contributed by atoms with van der Waals surface area (Å²) in [4.78, 5) is 26.9. The Bertz CT molecular complexity index is 960. The smallest absolute Gasteiger partial charge is 0.341 e. The van der Waals surface area contributed by atoms with Crippen LogP contribution in [-0.4, -0.2) is 75.6 Å². The van der Waals surface area contributed by atoms with Gasteiger partial charge >= 0.3 is 5.97 Å². The Morgan fingerprint density at radius 2 is 2.11 bits per heavy atom. The summed E-state index contributed by atoms with van der Waals surface area (Å²) < 4.78 is 30.1. The van der Waals surface area contributed by atoms with Crippen molar-refractivity contribution in [3.63, 3.8) is 0 Å². The standard InChI is InChI=1S/C17H21N5O5S/c1-3-21(13-8-9-28(25,26)10-13)16(23)12(2)27-17(24)14-6-4-5-7-15(14)22-11-18-19-20-22/h4-7,11-13H,3,8-10H2,1-2H3/t12-,13-/m1/s1. The number of amides is 1. The largest absolute Gasteiger partial charge is 0.449 e. The number of hydrogen-bond acceptors (Lipinski definition) is 8. The highest BCUT2D eigenvalue weighted by molar-refractivity contribution is 7.91. The lowest BCUT2D eigenvalue weighted by Gasteiger charge is -2.29. The maximum Gasteiger partial charge on any atom is 0.341 e. The van der Waals surface area contributed by atoms with Gasteiger partial charge in [-0.25, -0.2) is 13.2 Å². The molecule has 0 radical (unpaired) electrons. The number of esters is 1. The minimum atomic E-state index is -3.13. The molecule has 1 saturated heterocycles. The summed E-state index contributed by atoms with van der Waals surface area (Å²) in [7, 11) is -3.13. The van der Waals surface area contributed by atoms with Crippen molar-refractivity contribution in [2.45, 2.75) is 32.4 Å². The van der Waals surface area contributed by atoms with Crippen molar-refractivity contribution in [2.75, 3.05) is 18.1 Å². The van der Waals surface area contributed by atoms with E-state index in [4.69, 9.17) is 4.74 Å². The van der Waals surface area contributed by atoms with Gasteiger partial charge in [0.05, 0.1) is 22.8 Å². The molecule has 10 nitrogen and oxygen atoms in total. The van der Waals surface area contributed by atoms with Crippen LogP contribution >= 0.6 is 0 Å². The van der Waals surface area contributed by atoms with Crippen molar-refractivity contribution in [3.05, 3.63) is 36.2 Å². The number of ether oxygens (including phenoxy) is 1. The molecule has 3 rings (SSSR count). The molecule has 1 amide bonds. The van der Waals surface area contributed by atoms with Crippen molar-refractivity contribution in [3.8, 4) is 5.69 Å². The second-order valence-electron chi connectivity index (χ2n) is 6.50. The van der Waals surface area contributed by atoms with E-state index in [0.29, 0.717) is 18.7 Å². The molecule has 2 atom stereocenters. The Kier molecular flexibility index (Phi) is 5.73. The van der Waals surface area contributed by atoms with Crippen LogP contribution in [0.2, 0.25) is 0 Å². The van der Waals surface area contributed by atoms with E-state index in [1.165, 1.54) is 22.8 Å². The Hall–Kier alpha value is -2.82. The summed E-state index contributed by atoms with van der Waals surface area (Å²) in [6.45, 7) is 3.58. The predicted octanol–water partition coefficient (Wildman–Crippen LogP) is 0.243. The number of hydrogen-bond donors (Lipinski definition) is 0. The number of sulfone groups is 1. The lowest BCUT2D eigenvalue weighted by molar-refractivity contribution is -0.141. The highest BCUT2D eigenvalue weighted by Crippen LogP contribution is 2.20. The number of benzene rings is 1. The fourth-order valence-corrected chi connectivity index (χ4v) is 4.97. The quantitative estimate of drug-likeness (QED) is 0.624. The summed E-state index contributed by atoms with van der Waals surface area (Å²) in [5.41, 5.74) is 0.632. The normalized spacial score (nSPS) is 19.1. The summed E-state index contributed by atoms with van der Waals surface area (Å²) in [6, 6.07) is 6.20. The molecule has 0 N–H and O–H groups in total. The molecule has 11 heteroatoms. The van der Waals surface area contributed by atoms with Crippen molar-refractivity contribution < 1.29 is 22.7 Å². The second-order valence-corrected chi connectivity index (χ2v) is 8.73. The van der Waals surface area contributed by atoms with E-state index in [2.05, 4.69) is 15.5 Å². The maximum atomic E-state index is 12.8. The molecule has 2 heterocycles. The van der Waals surface area contributed by atoms with Crippen LogP contribution in [-0.2, 0) is 19.4 Å². The minimum Gasteiger partial charge on any atom is -0.449 e. The van der Waals surface area contributed by atoms with E-state index in [9.17, 15) is 18.0 Å². The van der Waals surface area contributed by atoms with Gasteiger partial charge in [-0.2, -0.15) is 4.68 Å². The first-order valence-electron chi connectivity index (χ1n) is 8.86. The number of aromatic nitrogens is 4. The van der Waals surface area contributed by atoms with E-state index >= 15 is 0 Å². The van der Waals surface area contributed by atoms with Gasteiger partial charge in [-0.1, -0.05) is 12.1 Å². The van der Waals surface area contributed by atoms with E-state index in [1.54, 1.807) is 31.2 Å². The molecule has 0 bridgehead atoms. The first kappa shape index (κ1) is 19.9. The van der Waals surface area contributed by atoms with Crippen LogP contribution in [0, 0.1) is 0 Å². The van der Waals surface area contributed by atoms with Gasteiger partial charge in [0.2, 0.25) is 0 Å². The molecule has 1 aliphatic rings. The highest BCUT2D eigenvalue weighted by atomic mass is 32.2. The summed E-state index contributed by atoms with van der Waals surface area (Å²) >= 11 is 0. The Morgan fingerprint density at radius 3 is 2.71 bits per heavy atom. The van der Waals surface area contributed by atoms with Gasteiger partial charge < -0.3 is 9.64 Å². The van der Waals surface area contributed by atoms with Crippen LogP contribution in [0.1, 0.15) is 30.6 Å². The zero-order chi connectivity index (χ0) is 20.3. The van der Waals surface area contributed by atoms with Gasteiger partial charge in [-0.05, 0) is 42.8 Å². The maximum absolute atomic E-state index is 12.8. The first-order valence-corrected chi connectivity index (χ1v) is 10.7. The number of nitrogens with zero attached hydrogens (tertiary/aromatic N) is 5. The monoisotopic (exact) mass is 407 g/mol. The molecule has 1 aromatic carbocycles. The van der Waals surface area contributed by atoms with Crippen molar-refractivity contribution in [2.24, 2.45) is 0 Å². The Labute approximate surface area is 162 Å². The fourth-order valence-electron chi connectivity index (χ4n) is 3.24. The number of carbonyl (C=O) groups excluding carboxylic acids is 2. The van der Waals surface area contributed by atoms with Crippen LogP contribution in [0.25, 0.3) is 5.69 Å². The van der Waals surface area contributed by atoms with Crippen LogP contribution in [0.5, 0.6) is 0 Å². The zero-order valence-corrected chi connectivity index (χ0v) is 16.4. The second kappa shape index (κ2) is 8.05. The van der Waals surface area contributed by atoms with Gasteiger partial charge in [0.15, 0.2) is 15.9 Å². The number of rotatable bonds is 6. The summed E-state index contributed by atoms with van der Waals surface area (Å²) in [5.74, 6) is -1.11. The van der Waals surface area contributed by atoms with Crippen LogP contribution < -0.4 is 0 Å². The molecule has 0 unspecified atom stereocenters. The molecule has 0 aliphatic carbocycles. The van der Waals surface area contributed by atoms with Gasteiger partial charge in [-0.15, -0.1) is 5.10 Å². The topological polar surface area (TPSA) is 124 Å². The number of likely N-dealkylation sites (N-methyl/N-ethyl adjacent to an activating group) is 1. The van der Waals surface area contributed by atoms with Crippen molar-refractivity contribution in [1.29, 1.82) is 0 Å². The van der Waals surface area contributed by atoms with Gasteiger partial charge in [0.1, 0.15) is 6.33 Å². The summed E-state index contributed by atoms with van der Waals surface area (Å²) in [6.07, 6.45) is 0.683. The molecule has 1 aromatic heterocycles. The van der Waals surface area contributed by atoms with E-state index in [0.717, 1.165) is 0 Å². The first-order chi connectivity index (χ1) is 13.3. The molecule has 150 valence electrons. The van der Waals surface area contributed by atoms with E-state index in [-0.39, 0.29) is 17.1 Å². The number of para-hydroxylation sites is 1. The molecule has 2 aromatic rings. The Morgan fingerprint density at radius 1 is 1.36 bits per heavy atom. The lowest BCUT2D eigenvalue weighted by atomic mass is 10.1. The van der Waals surface area contributed by atoms with Crippen LogP contribution in [0.3, 0.4) is 0 Å². The third-order valence-electron chi connectivity index (χ3n) is 4.62. The van der Waals surface area contributed by atoms with Gasteiger partial charge in [0, 0.05) is 12.6 Å². The molecule has 0 saturated carbocycles. The van der Waals surface area contributed by atoms with E-state index in [1.807, 2.05) is 0 Å². The third-order valence-corrected chi connectivity index (χ3v) is 6.37. The molecule has 1 fully saturated rings. The molecule has 0 spiro atoms. The zero-order valence-electron chi connectivity index (χ0n) is 15.6. The fraction of sp³-hybridized carbons (Fsp3) is 0.471. The lowest BCUT2D eigenvalue weighted by Crippen LogP contribution is -2.46. The number of carbonyl (C=O) groups is 2. The molecule has 28 heavy (non-hydrogen) atoms. The van der Waals surface area contributed by atoms with Crippen LogP contribution in [0.4, 0.5) is 0 Å². The average Bonchev–Trinajstić information content (AvgIpc) is 3.32. The molecular weight excluding hydrogens is 386 g/mol. The summed E-state index contributed by atoms with van der Waals surface area (Å²) in [5, 5.41) is 10.9. The van der Waals surface area contributed by atoms with Crippen LogP contribution in [0.15, 0.2) is 30.6 Å². The molecule has 1 aliphatic heterocycles. The SMILES string of the molecule is CCN(C(=O)[C@@H](C)OC(=O)c1ccccc1-n1cnnn1)[C@@H]1CCS(=O)(=O)C1. The highest BCUT2D eigenvalue weighted by Gasteiger charge is 2.36. The number of tetrazole rings is 1. The van der Waals surface area contributed by atoms with E-state index < -0.39 is 33.9 Å². The average molecular weight is 407 g/mol. The van der Waals surface area contributed by atoms with Gasteiger partial charge in [-0.3, -0.25) is 4.79 Å². The van der Waals surface area contributed by atoms with Crippen molar-refractivity contribution >= 4 is 21.7 Å². The third kappa shape index (κ3) is 4.19.